The molecule has 2 amide bonds. The molecule has 9 nitrogen and oxygen atoms in total. The molecule has 1 aliphatic carbocycles. The summed E-state index contributed by atoms with van der Waals surface area (Å²) in [6, 6.07) is 22.0. The molecule has 3 aromatic carbocycles. The number of carboxylic acid groups (broad SMARTS) is 2. The number of carbonyl (C=O) groups is 4. The highest BCUT2D eigenvalue weighted by atomic mass is 16.5. The Hall–Kier alpha value is -5.18. The number of carboxylic acids is 2. The Bertz CT molecular complexity index is 1560. The molecule has 0 fully saturated rings. The van der Waals surface area contributed by atoms with E-state index in [1.807, 2.05) is 23.1 Å². The maximum atomic E-state index is 13.0. The van der Waals surface area contributed by atoms with E-state index in [0.717, 1.165) is 18.5 Å². The third kappa shape index (κ3) is 6.93. The van der Waals surface area contributed by atoms with Crippen molar-refractivity contribution in [3.63, 3.8) is 0 Å². The molecule has 0 aromatic heterocycles. The zero-order chi connectivity index (χ0) is 30.3. The number of methoxy groups -OCH3 is 1. The fraction of sp³-hybridized carbons (Fsp3) is 0.212. The van der Waals surface area contributed by atoms with E-state index in [1.54, 1.807) is 55.6 Å². The van der Waals surface area contributed by atoms with Gasteiger partial charge in [0.2, 0.25) is 0 Å². The van der Waals surface area contributed by atoms with E-state index in [-0.39, 0.29) is 23.8 Å². The highest BCUT2D eigenvalue weighted by Crippen LogP contribution is 2.31. The van der Waals surface area contributed by atoms with Crippen LogP contribution in [0.3, 0.4) is 0 Å². The number of anilines is 2. The van der Waals surface area contributed by atoms with E-state index in [0.29, 0.717) is 29.1 Å². The average Bonchev–Trinajstić information content (AvgIpc) is 3.01. The van der Waals surface area contributed by atoms with Crippen LogP contribution in [-0.4, -0.2) is 47.6 Å². The lowest BCUT2D eigenvalue weighted by Crippen LogP contribution is -2.35. The number of ether oxygens (including phenoxy) is 1. The van der Waals surface area contributed by atoms with E-state index in [9.17, 15) is 19.2 Å². The van der Waals surface area contributed by atoms with Gasteiger partial charge in [0, 0.05) is 34.6 Å². The number of allylic oxidation sites excluding steroid dienone is 2. The van der Waals surface area contributed by atoms with Crippen LogP contribution in [-0.2, 0) is 16.0 Å². The zero-order valence-electron chi connectivity index (χ0n) is 23.4. The van der Waals surface area contributed by atoms with Crippen LogP contribution < -0.4 is 15.0 Å². The van der Waals surface area contributed by atoms with Crippen molar-refractivity contribution in [2.24, 2.45) is 5.41 Å². The van der Waals surface area contributed by atoms with Crippen molar-refractivity contribution < 1.29 is 34.1 Å². The van der Waals surface area contributed by atoms with Crippen LogP contribution in [0.2, 0.25) is 0 Å². The number of hydrogen-bond donors (Lipinski definition) is 3. The van der Waals surface area contributed by atoms with Crippen molar-refractivity contribution in [2.75, 3.05) is 23.9 Å². The Labute approximate surface area is 243 Å². The van der Waals surface area contributed by atoms with Gasteiger partial charge in [-0.25, -0.2) is 4.79 Å². The summed E-state index contributed by atoms with van der Waals surface area (Å²) in [5.74, 6) is -1.69. The minimum atomic E-state index is -1.08. The molecule has 3 N–H and O–H groups in total. The SMILES string of the molecule is CC1(C(=O)O)C=CC=C(C(=O)O)C1.COc1cccc(C(=O)Nc2ccc(C(=O)N3CCCc4ccccc43)cc2)c1. The molecule has 216 valence electrons. The van der Waals surface area contributed by atoms with Gasteiger partial charge in [0.1, 0.15) is 5.75 Å². The van der Waals surface area contributed by atoms with Crippen LogP contribution in [0.15, 0.2) is 96.6 Å². The van der Waals surface area contributed by atoms with Gasteiger partial charge in [0.25, 0.3) is 11.8 Å². The molecule has 5 rings (SSSR count). The van der Waals surface area contributed by atoms with Crippen LogP contribution >= 0.6 is 0 Å². The van der Waals surface area contributed by atoms with Crippen molar-refractivity contribution in [1.29, 1.82) is 0 Å². The number of amides is 2. The average molecular weight is 569 g/mol. The van der Waals surface area contributed by atoms with Gasteiger partial charge in [-0.2, -0.15) is 0 Å². The molecular weight excluding hydrogens is 536 g/mol. The lowest BCUT2D eigenvalue weighted by Gasteiger charge is -2.29. The minimum absolute atomic E-state index is 0.0252. The van der Waals surface area contributed by atoms with Gasteiger partial charge in [-0.3, -0.25) is 14.4 Å². The van der Waals surface area contributed by atoms with Gasteiger partial charge in [-0.05, 0) is 80.3 Å². The largest absolute Gasteiger partial charge is 0.497 e. The summed E-state index contributed by atoms with van der Waals surface area (Å²) in [5, 5.41) is 20.3. The molecule has 1 atom stereocenters. The molecule has 1 heterocycles. The molecule has 1 unspecified atom stereocenters. The Morgan fingerprint density at radius 2 is 1.67 bits per heavy atom. The maximum absolute atomic E-state index is 13.0. The topological polar surface area (TPSA) is 133 Å². The standard InChI is InChI=1S/C24H22N2O3.C9H10O4/c1-29-21-9-4-7-19(16-21)23(27)25-20-13-11-18(12-14-20)24(28)26-15-5-8-17-6-2-3-10-22(17)26;1-9(8(12)13)4-2-3-6(5-9)7(10)11/h2-4,6-7,9-14,16H,5,8,15H2,1H3,(H,25,27);2-4H,5H2,1H3,(H,10,11)(H,12,13). The molecule has 0 spiro atoms. The van der Waals surface area contributed by atoms with Crippen molar-refractivity contribution >= 4 is 35.1 Å². The molecule has 0 radical (unpaired) electrons. The van der Waals surface area contributed by atoms with Gasteiger partial charge >= 0.3 is 11.9 Å². The number of carbonyl (C=O) groups excluding carboxylic acids is 2. The third-order valence-corrected chi connectivity index (χ3v) is 7.16. The van der Waals surface area contributed by atoms with Crippen LogP contribution in [0.25, 0.3) is 0 Å². The Morgan fingerprint density at radius 3 is 2.36 bits per heavy atom. The van der Waals surface area contributed by atoms with Gasteiger partial charge in [0.15, 0.2) is 0 Å². The zero-order valence-corrected chi connectivity index (χ0v) is 23.4. The Kier molecular flexibility index (Phi) is 9.22. The fourth-order valence-electron chi connectivity index (χ4n) is 4.75. The summed E-state index contributed by atoms with van der Waals surface area (Å²) in [5.41, 5.74) is 2.98. The highest BCUT2D eigenvalue weighted by Gasteiger charge is 2.34. The second-order valence-corrected chi connectivity index (χ2v) is 10.2. The van der Waals surface area contributed by atoms with E-state index >= 15 is 0 Å². The summed E-state index contributed by atoms with van der Waals surface area (Å²) < 4.78 is 5.16. The third-order valence-electron chi connectivity index (χ3n) is 7.16. The normalized spacial score (nSPS) is 17.1. The second-order valence-electron chi connectivity index (χ2n) is 10.2. The quantitative estimate of drug-likeness (QED) is 0.353. The molecule has 42 heavy (non-hydrogen) atoms. The van der Waals surface area contributed by atoms with Crippen molar-refractivity contribution in [2.45, 2.75) is 26.2 Å². The first kappa shape index (κ1) is 29.8. The lowest BCUT2D eigenvalue weighted by atomic mass is 9.80. The van der Waals surface area contributed by atoms with Gasteiger partial charge in [-0.15, -0.1) is 0 Å². The maximum Gasteiger partial charge on any atom is 0.331 e. The summed E-state index contributed by atoms with van der Waals surface area (Å²) in [6.07, 6.45) is 6.39. The monoisotopic (exact) mass is 568 g/mol. The number of aryl methyl sites for hydroxylation is 1. The van der Waals surface area contributed by atoms with Crippen molar-refractivity contribution in [3.8, 4) is 5.75 Å². The molecule has 1 aliphatic heterocycles. The molecule has 3 aromatic rings. The summed E-state index contributed by atoms with van der Waals surface area (Å²) in [7, 11) is 1.56. The molecule has 0 bridgehead atoms. The number of rotatable bonds is 6. The predicted molar refractivity (Wildman–Crippen MR) is 159 cm³/mol. The second kappa shape index (κ2) is 13.0. The van der Waals surface area contributed by atoms with Crippen LogP contribution in [0.1, 0.15) is 46.0 Å². The highest BCUT2D eigenvalue weighted by molar-refractivity contribution is 6.08. The number of nitrogens with one attached hydrogen (secondary N) is 1. The molecular formula is C33H32N2O7. The first-order chi connectivity index (χ1) is 20.1. The molecule has 0 saturated heterocycles. The predicted octanol–water partition coefficient (Wildman–Crippen LogP) is 5.59. The van der Waals surface area contributed by atoms with Crippen LogP contribution in [0.5, 0.6) is 5.75 Å². The lowest BCUT2D eigenvalue weighted by molar-refractivity contribution is -0.145. The summed E-state index contributed by atoms with van der Waals surface area (Å²) in [4.78, 5) is 48.6. The first-order valence-electron chi connectivity index (χ1n) is 13.4. The minimum Gasteiger partial charge on any atom is -0.497 e. The number of aliphatic carboxylic acids is 2. The molecule has 0 saturated carbocycles. The molecule has 9 heteroatoms. The smallest absolute Gasteiger partial charge is 0.331 e. The van der Waals surface area contributed by atoms with Crippen molar-refractivity contribution in [3.05, 3.63) is 113 Å². The van der Waals surface area contributed by atoms with Gasteiger partial charge < -0.3 is 25.2 Å². The molecule has 2 aliphatic rings. The van der Waals surface area contributed by atoms with E-state index in [2.05, 4.69) is 11.4 Å². The van der Waals surface area contributed by atoms with E-state index in [1.165, 1.54) is 30.7 Å². The Balaban J connectivity index is 0.000000262. The fourth-order valence-corrected chi connectivity index (χ4v) is 4.75. The van der Waals surface area contributed by atoms with Gasteiger partial charge in [-0.1, -0.05) is 42.5 Å². The number of hydrogen-bond acceptors (Lipinski definition) is 5. The van der Waals surface area contributed by atoms with E-state index in [4.69, 9.17) is 14.9 Å². The first-order valence-corrected chi connectivity index (χ1v) is 13.4. The summed E-state index contributed by atoms with van der Waals surface area (Å²) >= 11 is 0. The van der Waals surface area contributed by atoms with Crippen LogP contribution in [0.4, 0.5) is 11.4 Å². The van der Waals surface area contributed by atoms with Crippen LogP contribution in [0, 0.1) is 5.41 Å². The summed E-state index contributed by atoms with van der Waals surface area (Å²) in [6.45, 7) is 2.21. The number of fused-ring (bicyclic) bond motifs is 1. The number of benzene rings is 3. The number of para-hydroxylation sites is 1. The van der Waals surface area contributed by atoms with Gasteiger partial charge in [0.05, 0.1) is 12.5 Å². The number of nitrogens with zero attached hydrogens (tertiary/aromatic N) is 1. The van der Waals surface area contributed by atoms with E-state index < -0.39 is 17.4 Å². The van der Waals surface area contributed by atoms with Crippen molar-refractivity contribution in [1.82, 2.24) is 0 Å². The Morgan fingerprint density at radius 1 is 0.929 bits per heavy atom.